The molecule has 0 saturated carbocycles. The molecule has 0 aliphatic carbocycles. The average Bonchev–Trinajstić information content (AvgIpc) is 2.66. The molecule has 1 N–H and O–H groups in total. The first-order valence-corrected chi connectivity index (χ1v) is 7.78. The van der Waals surface area contributed by atoms with E-state index in [4.69, 9.17) is 16.7 Å². The van der Waals surface area contributed by atoms with E-state index in [1.807, 2.05) is 23.9 Å². The molecule has 1 aliphatic rings. The Bertz CT molecular complexity index is 397. The molecule has 94 valence electrons. The Balaban J connectivity index is 1.98. The Morgan fingerprint density at radius 1 is 1.59 bits per heavy atom. The summed E-state index contributed by atoms with van der Waals surface area (Å²) in [6.45, 7) is 1.77. The van der Waals surface area contributed by atoms with Crippen LogP contribution in [0.2, 0.25) is 4.34 Å². The van der Waals surface area contributed by atoms with Gasteiger partial charge in [0.05, 0.1) is 10.8 Å². The lowest BCUT2D eigenvalue weighted by molar-refractivity contribution is -0.138. The van der Waals surface area contributed by atoms with Crippen LogP contribution in [0.5, 0.6) is 0 Å². The molecule has 17 heavy (non-hydrogen) atoms. The molecule has 0 bridgehead atoms. The van der Waals surface area contributed by atoms with E-state index in [-0.39, 0.29) is 12.5 Å². The summed E-state index contributed by atoms with van der Waals surface area (Å²) in [6, 6.07) is 4.06. The molecule has 1 atom stereocenters. The predicted octanol–water partition coefficient (Wildman–Crippen LogP) is 2.79. The van der Waals surface area contributed by atoms with Gasteiger partial charge in [-0.1, -0.05) is 11.6 Å². The zero-order valence-corrected chi connectivity index (χ0v) is 11.7. The van der Waals surface area contributed by atoms with E-state index in [2.05, 4.69) is 4.90 Å². The second kappa shape index (κ2) is 6.09. The minimum Gasteiger partial charge on any atom is -0.481 e. The van der Waals surface area contributed by atoms with Gasteiger partial charge in [0.15, 0.2) is 0 Å². The third-order valence-corrected chi connectivity index (χ3v) is 5.06. The highest BCUT2D eigenvalue weighted by atomic mass is 35.5. The highest BCUT2D eigenvalue weighted by Gasteiger charge is 2.25. The summed E-state index contributed by atoms with van der Waals surface area (Å²) < 4.78 is 0.793. The van der Waals surface area contributed by atoms with Gasteiger partial charge in [0.25, 0.3) is 0 Å². The van der Waals surface area contributed by atoms with Gasteiger partial charge in [-0.25, -0.2) is 0 Å². The summed E-state index contributed by atoms with van der Waals surface area (Å²) in [6.07, 6.45) is 0.228. The van der Waals surface area contributed by atoms with E-state index in [0.717, 1.165) is 28.9 Å². The Morgan fingerprint density at radius 2 is 2.41 bits per heavy atom. The van der Waals surface area contributed by atoms with Gasteiger partial charge in [0.1, 0.15) is 0 Å². The van der Waals surface area contributed by atoms with Crippen LogP contribution in [0.15, 0.2) is 12.1 Å². The monoisotopic (exact) mass is 291 g/mol. The van der Waals surface area contributed by atoms with E-state index in [1.165, 1.54) is 4.88 Å². The molecule has 6 heteroatoms. The number of hydrogen-bond acceptors (Lipinski definition) is 4. The molecule has 1 unspecified atom stereocenters. The number of thioether (sulfide) groups is 1. The maximum atomic E-state index is 10.8. The van der Waals surface area contributed by atoms with Crippen molar-refractivity contribution in [1.82, 2.24) is 4.90 Å². The van der Waals surface area contributed by atoms with E-state index >= 15 is 0 Å². The first-order valence-electron chi connectivity index (χ1n) is 5.43. The maximum Gasteiger partial charge on any atom is 0.304 e. The Hall–Kier alpha value is -0.230. The molecule has 0 amide bonds. The summed E-state index contributed by atoms with van der Waals surface area (Å²) in [5, 5.41) is 8.90. The number of thiophene rings is 1. The number of carbonyl (C=O) groups is 1. The SMILES string of the molecule is O=C(O)CC1CSCCN1Cc1ccc(Cl)s1. The molecule has 1 saturated heterocycles. The average molecular weight is 292 g/mol. The fourth-order valence-corrected chi connectivity index (χ4v) is 4.17. The Morgan fingerprint density at radius 3 is 3.06 bits per heavy atom. The third kappa shape index (κ3) is 3.88. The summed E-state index contributed by atoms with van der Waals surface area (Å²) in [5.74, 6) is 1.27. The molecule has 2 rings (SSSR count). The molecule has 0 radical (unpaired) electrons. The minimum absolute atomic E-state index is 0.145. The van der Waals surface area contributed by atoms with Crippen LogP contribution in [0.4, 0.5) is 0 Å². The summed E-state index contributed by atoms with van der Waals surface area (Å²) in [5.41, 5.74) is 0. The fraction of sp³-hybridized carbons (Fsp3) is 0.545. The van der Waals surface area contributed by atoms with Crippen molar-refractivity contribution in [1.29, 1.82) is 0 Å². The van der Waals surface area contributed by atoms with Crippen LogP contribution in [-0.4, -0.2) is 40.1 Å². The van der Waals surface area contributed by atoms with Crippen LogP contribution in [0.25, 0.3) is 0 Å². The van der Waals surface area contributed by atoms with Gasteiger partial charge in [-0.3, -0.25) is 9.69 Å². The van der Waals surface area contributed by atoms with E-state index in [0.29, 0.717) is 0 Å². The van der Waals surface area contributed by atoms with Crippen molar-refractivity contribution in [3.63, 3.8) is 0 Å². The topological polar surface area (TPSA) is 40.5 Å². The lowest BCUT2D eigenvalue weighted by Crippen LogP contribution is -2.42. The van der Waals surface area contributed by atoms with E-state index in [1.54, 1.807) is 11.3 Å². The number of hydrogen-bond donors (Lipinski definition) is 1. The minimum atomic E-state index is -0.716. The summed E-state index contributed by atoms with van der Waals surface area (Å²) in [7, 11) is 0. The largest absolute Gasteiger partial charge is 0.481 e. The number of rotatable bonds is 4. The second-order valence-corrected chi connectivity index (χ2v) is 6.95. The van der Waals surface area contributed by atoms with E-state index in [9.17, 15) is 4.79 Å². The molecular formula is C11H14ClNO2S2. The Labute approximate surface area is 114 Å². The lowest BCUT2D eigenvalue weighted by atomic mass is 10.2. The fourth-order valence-electron chi connectivity index (χ4n) is 1.92. The lowest BCUT2D eigenvalue weighted by Gasteiger charge is -2.34. The predicted molar refractivity (Wildman–Crippen MR) is 73.1 cm³/mol. The first kappa shape index (κ1) is 13.2. The molecule has 1 aromatic heterocycles. The molecule has 0 spiro atoms. The normalized spacial score (nSPS) is 21.6. The van der Waals surface area contributed by atoms with Crippen LogP contribution in [-0.2, 0) is 11.3 Å². The number of carboxylic acid groups (broad SMARTS) is 1. The number of nitrogens with zero attached hydrogens (tertiary/aromatic N) is 1. The van der Waals surface area contributed by atoms with Crippen molar-refractivity contribution < 1.29 is 9.90 Å². The van der Waals surface area contributed by atoms with Gasteiger partial charge in [-0.2, -0.15) is 11.8 Å². The quantitative estimate of drug-likeness (QED) is 0.926. The van der Waals surface area contributed by atoms with Gasteiger partial charge in [0, 0.05) is 35.5 Å². The number of halogens is 1. The van der Waals surface area contributed by atoms with Crippen LogP contribution in [0, 0.1) is 0 Å². The molecule has 1 aromatic rings. The summed E-state index contributed by atoms with van der Waals surface area (Å²) in [4.78, 5) is 14.3. The van der Waals surface area contributed by atoms with Crippen molar-refractivity contribution >= 4 is 40.7 Å². The highest BCUT2D eigenvalue weighted by molar-refractivity contribution is 7.99. The molecule has 1 aliphatic heterocycles. The number of carboxylic acids is 1. The molecule has 0 aromatic carbocycles. The van der Waals surface area contributed by atoms with Crippen molar-refractivity contribution in [2.24, 2.45) is 0 Å². The van der Waals surface area contributed by atoms with Crippen LogP contribution in [0.3, 0.4) is 0 Å². The zero-order chi connectivity index (χ0) is 12.3. The van der Waals surface area contributed by atoms with Gasteiger partial charge in [-0.05, 0) is 12.1 Å². The van der Waals surface area contributed by atoms with Crippen molar-refractivity contribution in [2.45, 2.75) is 19.0 Å². The van der Waals surface area contributed by atoms with Crippen molar-refractivity contribution in [3.8, 4) is 0 Å². The standard InChI is InChI=1S/C11H14ClNO2S2/c12-10-2-1-9(17-10)6-13-3-4-16-7-8(13)5-11(14)15/h1-2,8H,3-7H2,(H,14,15). The molecular weight excluding hydrogens is 278 g/mol. The van der Waals surface area contributed by atoms with Crippen LogP contribution < -0.4 is 0 Å². The zero-order valence-electron chi connectivity index (χ0n) is 9.26. The summed E-state index contributed by atoms with van der Waals surface area (Å²) >= 11 is 9.31. The Kier molecular flexibility index (Phi) is 4.73. The third-order valence-electron chi connectivity index (χ3n) is 2.75. The second-order valence-electron chi connectivity index (χ2n) is 4.00. The first-order chi connectivity index (χ1) is 8.15. The van der Waals surface area contributed by atoms with Crippen molar-refractivity contribution in [3.05, 3.63) is 21.3 Å². The maximum absolute atomic E-state index is 10.8. The van der Waals surface area contributed by atoms with Crippen LogP contribution in [0.1, 0.15) is 11.3 Å². The molecule has 1 fully saturated rings. The van der Waals surface area contributed by atoms with Gasteiger partial charge >= 0.3 is 5.97 Å². The highest BCUT2D eigenvalue weighted by Crippen LogP contribution is 2.26. The molecule has 2 heterocycles. The van der Waals surface area contributed by atoms with Gasteiger partial charge in [-0.15, -0.1) is 11.3 Å². The number of aliphatic carboxylic acids is 1. The van der Waals surface area contributed by atoms with Crippen molar-refractivity contribution in [2.75, 3.05) is 18.1 Å². The van der Waals surface area contributed by atoms with Crippen LogP contribution >= 0.6 is 34.7 Å². The van der Waals surface area contributed by atoms with Gasteiger partial charge < -0.3 is 5.11 Å². The van der Waals surface area contributed by atoms with E-state index < -0.39 is 5.97 Å². The van der Waals surface area contributed by atoms with Gasteiger partial charge in [0.2, 0.25) is 0 Å². The molecule has 3 nitrogen and oxygen atoms in total. The smallest absolute Gasteiger partial charge is 0.304 e.